The minimum atomic E-state index is 0.472. The highest BCUT2D eigenvalue weighted by Crippen LogP contribution is 2.44. The highest BCUT2D eigenvalue weighted by atomic mass is 32.2. The van der Waals surface area contributed by atoms with Crippen LogP contribution in [0.5, 0.6) is 0 Å². The van der Waals surface area contributed by atoms with Gasteiger partial charge in [0.2, 0.25) is 0 Å². The summed E-state index contributed by atoms with van der Waals surface area (Å²) in [7, 11) is 0. The van der Waals surface area contributed by atoms with Gasteiger partial charge in [-0.15, -0.1) is 0 Å². The summed E-state index contributed by atoms with van der Waals surface area (Å²) in [4.78, 5) is 0. The van der Waals surface area contributed by atoms with Crippen molar-refractivity contribution in [3.05, 3.63) is 0 Å². The molecule has 0 saturated heterocycles. The third-order valence-electron chi connectivity index (χ3n) is 4.11. The first-order valence-corrected chi connectivity index (χ1v) is 7.60. The van der Waals surface area contributed by atoms with Crippen molar-refractivity contribution < 1.29 is 0 Å². The molecule has 2 saturated carbocycles. The molecule has 0 aromatic carbocycles. The SMILES string of the molecule is NCC1(SC2CCCCC2)CCCCC1. The minimum Gasteiger partial charge on any atom is -0.329 e. The van der Waals surface area contributed by atoms with Crippen molar-refractivity contribution in [1.82, 2.24) is 0 Å². The second kappa shape index (κ2) is 5.58. The summed E-state index contributed by atoms with van der Waals surface area (Å²) in [6, 6.07) is 0. The van der Waals surface area contributed by atoms with Crippen molar-refractivity contribution in [2.45, 2.75) is 74.2 Å². The Kier molecular flexibility index (Phi) is 4.39. The van der Waals surface area contributed by atoms with Crippen molar-refractivity contribution in [3.8, 4) is 0 Å². The summed E-state index contributed by atoms with van der Waals surface area (Å²) in [5.41, 5.74) is 6.03. The molecule has 1 nitrogen and oxygen atoms in total. The molecule has 2 aliphatic rings. The van der Waals surface area contributed by atoms with Crippen LogP contribution in [0.3, 0.4) is 0 Å². The van der Waals surface area contributed by atoms with Gasteiger partial charge >= 0.3 is 0 Å². The van der Waals surface area contributed by atoms with Crippen LogP contribution < -0.4 is 5.73 Å². The Bertz CT molecular complexity index is 181. The predicted molar refractivity (Wildman–Crippen MR) is 69.3 cm³/mol. The van der Waals surface area contributed by atoms with Gasteiger partial charge in [0.25, 0.3) is 0 Å². The average Bonchev–Trinajstić information content (AvgIpc) is 2.32. The van der Waals surface area contributed by atoms with E-state index in [1.807, 2.05) is 0 Å². The molecule has 0 unspecified atom stereocenters. The zero-order valence-electron chi connectivity index (χ0n) is 9.84. The van der Waals surface area contributed by atoms with E-state index in [9.17, 15) is 0 Å². The summed E-state index contributed by atoms with van der Waals surface area (Å²) in [6.07, 6.45) is 14.3. The Labute approximate surface area is 98.6 Å². The number of hydrogen-bond donors (Lipinski definition) is 1. The van der Waals surface area contributed by atoms with E-state index in [1.54, 1.807) is 0 Å². The minimum absolute atomic E-state index is 0.472. The van der Waals surface area contributed by atoms with Crippen molar-refractivity contribution in [3.63, 3.8) is 0 Å². The van der Waals surface area contributed by atoms with Gasteiger partial charge < -0.3 is 5.73 Å². The van der Waals surface area contributed by atoms with Crippen LogP contribution in [0.4, 0.5) is 0 Å². The maximum absolute atomic E-state index is 6.03. The largest absolute Gasteiger partial charge is 0.329 e. The van der Waals surface area contributed by atoms with E-state index in [2.05, 4.69) is 11.8 Å². The summed E-state index contributed by atoms with van der Waals surface area (Å²) >= 11 is 2.26. The molecule has 0 heterocycles. The lowest BCUT2D eigenvalue weighted by molar-refractivity contribution is 0.398. The van der Waals surface area contributed by atoms with Crippen molar-refractivity contribution in [2.24, 2.45) is 5.73 Å². The van der Waals surface area contributed by atoms with Crippen LogP contribution in [-0.4, -0.2) is 16.5 Å². The van der Waals surface area contributed by atoms with Gasteiger partial charge in [-0.25, -0.2) is 0 Å². The number of rotatable bonds is 3. The molecule has 0 bridgehead atoms. The molecule has 0 atom stereocenters. The lowest BCUT2D eigenvalue weighted by Crippen LogP contribution is -2.38. The fourth-order valence-corrected chi connectivity index (χ4v) is 5.00. The molecular formula is C13H25NS. The Morgan fingerprint density at radius 2 is 1.53 bits per heavy atom. The molecule has 0 amide bonds. The molecule has 2 N–H and O–H groups in total. The smallest absolute Gasteiger partial charge is 0.0285 e. The van der Waals surface area contributed by atoms with Crippen LogP contribution in [0.15, 0.2) is 0 Å². The van der Waals surface area contributed by atoms with Crippen molar-refractivity contribution >= 4 is 11.8 Å². The predicted octanol–water partition coefficient (Wildman–Crippen LogP) is 3.71. The van der Waals surface area contributed by atoms with Gasteiger partial charge in [-0.2, -0.15) is 11.8 Å². The molecule has 2 fully saturated rings. The van der Waals surface area contributed by atoms with Crippen LogP contribution in [0, 0.1) is 0 Å². The van der Waals surface area contributed by atoms with Crippen LogP contribution in [0.1, 0.15) is 64.2 Å². The first-order valence-electron chi connectivity index (χ1n) is 6.73. The lowest BCUT2D eigenvalue weighted by atomic mass is 9.88. The summed E-state index contributed by atoms with van der Waals surface area (Å²) < 4.78 is 0.472. The number of thioether (sulfide) groups is 1. The molecular weight excluding hydrogens is 202 g/mol. The average molecular weight is 227 g/mol. The second-order valence-corrected chi connectivity index (χ2v) is 7.09. The highest BCUT2D eigenvalue weighted by Gasteiger charge is 2.34. The molecule has 0 aliphatic heterocycles. The van der Waals surface area contributed by atoms with E-state index in [1.165, 1.54) is 64.2 Å². The van der Waals surface area contributed by atoms with E-state index in [0.717, 1.165) is 11.8 Å². The van der Waals surface area contributed by atoms with Gasteiger partial charge in [-0.05, 0) is 25.7 Å². The Balaban J connectivity index is 1.87. The fraction of sp³-hybridized carbons (Fsp3) is 1.00. The summed E-state index contributed by atoms with van der Waals surface area (Å²) in [5, 5.41) is 0.931. The van der Waals surface area contributed by atoms with Gasteiger partial charge in [-0.3, -0.25) is 0 Å². The maximum Gasteiger partial charge on any atom is 0.0285 e. The molecule has 2 aliphatic carbocycles. The maximum atomic E-state index is 6.03. The second-order valence-electron chi connectivity index (χ2n) is 5.33. The first kappa shape index (κ1) is 11.8. The van der Waals surface area contributed by atoms with E-state index in [-0.39, 0.29) is 0 Å². The Hall–Kier alpha value is 0.310. The van der Waals surface area contributed by atoms with Crippen LogP contribution in [-0.2, 0) is 0 Å². The zero-order valence-corrected chi connectivity index (χ0v) is 10.7. The molecule has 2 rings (SSSR count). The number of nitrogens with two attached hydrogens (primary N) is 1. The van der Waals surface area contributed by atoms with Gasteiger partial charge in [0.15, 0.2) is 0 Å². The molecule has 15 heavy (non-hydrogen) atoms. The standard InChI is InChI=1S/C13H25NS/c14-11-13(9-5-2-6-10-13)15-12-7-3-1-4-8-12/h12H,1-11,14H2. The Morgan fingerprint density at radius 3 is 2.13 bits per heavy atom. The highest BCUT2D eigenvalue weighted by molar-refractivity contribution is 8.01. The van der Waals surface area contributed by atoms with Crippen LogP contribution in [0.2, 0.25) is 0 Å². The van der Waals surface area contributed by atoms with E-state index >= 15 is 0 Å². The molecule has 88 valence electrons. The lowest BCUT2D eigenvalue weighted by Gasteiger charge is -2.39. The van der Waals surface area contributed by atoms with Gasteiger partial charge in [0.05, 0.1) is 0 Å². The summed E-state index contributed by atoms with van der Waals surface area (Å²) in [5.74, 6) is 0. The molecule has 0 spiro atoms. The normalized spacial score (nSPS) is 27.8. The van der Waals surface area contributed by atoms with Gasteiger partial charge in [0, 0.05) is 16.5 Å². The Morgan fingerprint density at radius 1 is 0.933 bits per heavy atom. The molecule has 0 aromatic heterocycles. The summed E-state index contributed by atoms with van der Waals surface area (Å²) in [6.45, 7) is 0.911. The van der Waals surface area contributed by atoms with Gasteiger partial charge in [0.1, 0.15) is 0 Å². The van der Waals surface area contributed by atoms with E-state index in [0.29, 0.717) is 4.75 Å². The molecule has 2 heteroatoms. The molecule has 0 radical (unpaired) electrons. The van der Waals surface area contributed by atoms with Crippen molar-refractivity contribution in [2.75, 3.05) is 6.54 Å². The number of hydrogen-bond acceptors (Lipinski definition) is 2. The van der Waals surface area contributed by atoms with Crippen LogP contribution >= 0.6 is 11.8 Å². The monoisotopic (exact) mass is 227 g/mol. The third kappa shape index (κ3) is 3.13. The topological polar surface area (TPSA) is 26.0 Å². The quantitative estimate of drug-likeness (QED) is 0.795. The van der Waals surface area contributed by atoms with Crippen molar-refractivity contribution in [1.29, 1.82) is 0 Å². The van der Waals surface area contributed by atoms with E-state index in [4.69, 9.17) is 5.73 Å². The fourth-order valence-electron chi connectivity index (χ4n) is 3.10. The third-order valence-corrected chi connectivity index (χ3v) is 5.99. The van der Waals surface area contributed by atoms with E-state index < -0.39 is 0 Å². The zero-order chi connectivity index (χ0) is 10.6. The first-order chi connectivity index (χ1) is 7.35. The molecule has 0 aromatic rings. The van der Waals surface area contributed by atoms with Crippen LogP contribution in [0.25, 0.3) is 0 Å². The van der Waals surface area contributed by atoms with Gasteiger partial charge in [-0.1, -0.05) is 38.5 Å².